The van der Waals surface area contributed by atoms with Crippen LogP contribution in [0.3, 0.4) is 0 Å². The highest BCUT2D eigenvalue weighted by molar-refractivity contribution is 5.91. The van der Waals surface area contributed by atoms with E-state index >= 15 is 0 Å². The van der Waals surface area contributed by atoms with Gasteiger partial charge in [-0.25, -0.2) is 4.79 Å². The summed E-state index contributed by atoms with van der Waals surface area (Å²) >= 11 is 0. The minimum atomic E-state index is -0.286. The highest BCUT2D eigenvalue weighted by Crippen LogP contribution is 2.37. The van der Waals surface area contributed by atoms with Crippen LogP contribution in [-0.4, -0.2) is 5.97 Å². The van der Waals surface area contributed by atoms with Crippen molar-refractivity contribution in [1.82, 2.24) is 0 Å². The van der Waals surface area contributed by atoms with Crippen LogP contribution in [0.1, 0.15) is 92.1 Å². The van der Waals surface area contributed by atoms with Gasteiger partial charge in [-0.2, -0.15) is 0 Å². The number of hydrogen-bond donors (Lipinski definition) is 0. The molecule has 1 saturated carbocycles. The van der Waals surface area contributed by atoms with Crippen LogP contribution >= 0.6 is 0 Å². The third-order valence-corrected chi connectivity index (χ3v) is 6.16. The summed E-state index contributed by atoms with van der Waals surface area (Å²) in [4.78, 5) is 12.4. The van der Waals surface area contributed by atoms with Crippen molar-refractivity contribution in [2.45, 2.75) is 77.6 Å². The summed E-state index contributed by atoms with van der Waals surface area (Å²) < 4.78 is 5.47. The summed E-state index contributed by atoms with van der Waals surface area (Å²) in [5.41, 5.74) is 3.14. The van der Waals surface area contributed by atoms with Crippen LogP contribution in [0, 0.1) is 12.8 Å². The van der Waals surface area contributed by atoms with Gasteiger partial charge in [-0.05, 0) is 74.3 Å². The van der Waals surface area contributed by atoms with Crippen LogP contribution in [-0.2, 0) is 0 Å². The van der Waals surface area contributed by atoms with Gasteiger partial charge < -0.3 is 4.74 Å². The third-order valence-electron chi connectivity index (χ3n) is 6.16. The molecule has 0 saturated heterocycles. The van der Waals surface area contributed by atoms with Gasteiger partial charge in [0.1, 0.15) is 5.75 Å². The molecule has 2 heteroatoms. The normalized spacial score (nSPS) is 19.4. The predicted molar refractivity (Wildman–Crippen MR) is 116 cm³/mol. The molecule has 0 bridgehead atoms. The van der Waals surface area contributed by atoms with Gasteiger partial charge in [0.05, 0.1) is 5.56 Å². The van der Waals surface area contributed by atoms with Crippen molar-refractivity contribution in [2.24, 2.45) is 5.92 Å². The van der Waals surface area contributed by atoms with Crippen LogP contribution in [0.15, 0.2) is 48.5 Å². The lowest BCUT2D eigenvalue weighted by Crippen LogP contribution is -2.14. The Hall–Kier alpha value is -2.09. The van der Waals surface area contributed by atoms with Crippen LogP contribution in [0.2, 0.25) is 0 Å². The van der Waals surface area contributed by atoms with Gasteiger partial charge in [-0.1, -0.05) is 68.9 Å². The SMILES string of the molecule is CCCCCCC1CCC(c2ccc(C(=O)Oc3ccc(C)cc3)cc2)CC1. The average molecular weight is 379 g/mol. The molecular formula is C26H34O2. The molecule has 0 unspecified atom stereocenters. The molecular weight excluding hydrogens is 344 g/mol. The van der Waals surface area contributed by atoms with E-state index in [-0.39, 0.29) is 5.97 Å². The number of benzene rings is 2. The number of unbranched alkanes of at least 4 members (excludes halogenated alkanes) is 3. The van der Waals surface area contributed by atoms with Crippen LogP contribution in [0.4, 0.5) is 0 Å². The van der Waals surface area contributed by atoms with Gasteiger partial charge in [0.2, 0.25) is 0 Å². The monoisotopic (exact) mass is 378 g/mol. The number of hydrogen-bond acceptors (Lipinski definition) is 2. The Kier molecular flexibility index (Phi) is 7.71. The molecule has 0 radical (unpaired) electrons. The molecule has 28 heavy (non-hydrogen) atoms. The Bertz CT molecular complexity index is 722. The van der Waals surface area contributed by atoms with Crippen molar-refractivity contribution >= 4 is 5.97 Å². The highest BCUT2D eigenvalue weighted by atomic mass is 16.5. The van der Waals surface area contributed by atoms with Crippen molar-refractivity contribution < 1.29 is 9.53 Å². The van der Waals surface area contributed by atoms with Crippen molar-refractivity contribution in [1.29, 1.82) is 0 Å². The van der Waals surface area contributed by atoms with Crippen molar-refractivity contribution in [3.63, 3.8) is 0 Å². The zero-order chi connectivity index (χ0) is 19.8. The van der Waals surface area contributed by atoms with Gasteiger partial charge in [0, 0.05) is 0 Å². The Labute approximate surface area is 170 Å². The Morgan fingerprint density at radius 3 is 2.21 bits per heavy atom. The molecule has 0 atom stereocenters. The number of aryl methyl sites for hydroxylation is 1. The Morgan fingerprint density at radius 2 is 1.57 bits per heavy atom. The molecule has 2 nitrogen and oxygen atoms in total. The fourth-order valence-electron chi connectivity index (χ4n) is 4.31. The Morgan fingerprint density at radius 1 is 0.893 bits per heavy atom. The zero-order valence-corrected chi connectivity index (χ0v) is 17.5. The average Bonchev–Trinajstić information content (AvgIpc) is 2.73. The number of esters is 1. The van der Waals surface area contributed by atoms with Crippen molar-refractivity contribution in [3.05, 3.63) is 65.2 Å². The summed E-state index contributed by atoms with van der Waals surface area (Å²) in [6.45, 7) is 4.29. The first kappa shape index (κ1) is 20.6. The molecule has 0 N–H and O–H groups in total. The van der Waals surface area contributed by atoms with Crippen molar-refractivity contribution in [2.75, 3.05) is 0 Å². The summed E-state index contributed by atoms with van der Waals surface area (Å²) in [6, 6.07) is 15.7. The van der Waals surface area contributed by atoms with E-state index in [4.69, 9.17) is 4.74 Å². The molecule has 2 aromatic rings. The van der Waals surface area contributed by atoms with E-state index in [1.54, 1.807) is 0 Å². The first-order valence-electron chi connectivity index (χ1n) is 11.0. The summed E-state index contributed by atoms with van der Waals surface area (Å²) in [5, 5.41) is 0. The van der Waals surface area contributed by atoms with E-state index in [9.17, 15) is 4.79 Å². The second-order valence-corrected chi connectivity index (χ2v) is 8.39. The predicted octanol–water partition coefficient (Wildman–Crippen LogP) is 7.46. The highest BCUT2D eigenvalue weighted by Gasteiger charge is 2.22. The van der Waals surface area contributed by atoms with Gasteiger partial charge >= 0.3 is 5.97 Å². The maximum atomic E-state index is 12.4. The molecule has 1 aliphatic carbocycles. The molecule has 0 spiro atoms. The summed E-state index contributed by atoms with van der Waals surface area (Å²) in [6.07, 6.45) is 12.2. The first-order chi connectivity index (χ1) is 13.7. The minimum Gasteiger partial charge on any atom is -0.423 e. The zero-order valence-electron chi connectivity index (χ0n) is 17.5. The molecule has 0 aromatic heterocycles. The smallest absolute Gasteiger partial charge is 0.343 e. The molecule has 0 heterocycles. The van der Waals surface area contributed by atoms with Crippen molar-refractivity contribution in [3.8, 4) is 5.75 Å². The largest absolute Gasteiger partial charge is 0.423 e. The standard InChI is InChI=1S/C26H34O2/c1-3-4-5-6-7-21-10-12-22(13-11-21)23-14-16-24(17-15-23)26(27)28-25-18-8-20(2)9-19-25/h8-9,14-19,21-22H,3-7,10-13H2,1-2H3. The van der Waals surface area contributed by atoms with Crippen LogP contribution in [0.25, 0.3) is 0 Å². The van der Waals surface area contributed by atoms with E-state index in [0.717, 1.165) is 11.5 Å². The number of carbonyl (C=O) groups is 1. The topological polar surface area (TPSA) is 26.3 Å². The second kappa shape index (κ2) is 10.5. The Balaban J connectivity index is 1.48. The lowest BCUT2D eigenvalue weighted by molar-refractivity contribution is 0.0734. The van der Waals surface area contributed by atoms with Gasteiger partial charge in [-0.3, -0.25) is 0 Å². The molecule has 0 amide bonds. The molecule has 3 rings (SSSR count). The summed E-state index contributed by atoms with van der Waals surface area (Å²) in [7, 11) is 0. The van der Waals surface area contributed by atoms with Gasteiger partial charge in [0.25, 0.3) is 0 Å². The van der Waals surface area contributed by atoms with Gasteiger partial charge in [-0.15, -0.1) is 0 Å². The maximum Gasteiger partial charge on any atom is 0.343 e. The molecule has 2 aromatic carbocycles. The van der Waals surface area contributed by atoms with Gasteiger partial charge in [0.15, 0.2) is 0 Å². The maximum absolute atomic E-state index is 12.4. The van der Waals surface area contributed by atoms with Crippen LogP contribution < -0.4 is 4.74 Å². The fraction of sp³-hybridized carbons (Fsp3) is 0.500. The van der Waals surface area contributed by atoms with E-state index in [2.05, 4.69) is 19.1 Å². The third kappa shape index (κ3) is 5.95. The van der Waals surface area contributed by atoms with E-state index in [1.807, 2.05) is 43.3 Å². The number of ether oxygens (including phenoxy) is 1. The lowest BCUT2D eigenvalue weighted by atomic mass is 9.77. The first-order valence-corrected chi connectivity index (χ1v) is 11.0. The molecule has 1 fully saturated rings. The van der Waals surface area contributed by atoms with E-state index in [0.29, 0.717) is 17.2 Å². The fourth-order valence-corrected chi connectivity index (χ4v) is 4.31. The lowest BCUT2D eigenvalue weighted by Gasteiger charge is -2.29. The molecule has 0 aliphatic heterocycles. The molecule has 150 valence electrons. The number of carbonyl (C=O) groups excluding carboxylic acids is 1. The second-order valence-electron chi connectivity index (χ2n) is 8.39. The van der Waals surface area contributed by atoms with E-state index in [1.165, 1.54) is 63.4 Å². The van der Waals surface area contributed by atoms with Crippen LogP contribution in [0.5, 0.6) is 5.75 Å². The number of rotatable bonds is 8. The summed E-state index contributed by atoms with van der Waals surface area (Å²) in [5.74, 6) is 1.88. The quantitative estimate of drug-likeness (QED) is 0.271. The molecule has 1 aliphatic rings. The van der Waals surface area contributed by atoms with E-state index < -0.39 is 0 Å². The minimum absolute atomic E-state index is 0.286.